The molecule has 0 fully saturated rings. The first-order valence-corrected chi connectivity index (χ1v) is 5.96. The van der Waals surface area contributed by atoms with E-state index in [4.69, 9.17) is 11.6 Å². The summed E-state index contributed by atoms with van der Waals surface area (Å²) < 4.78 is 0. The first-order chi connectivity index (χ1) is 7.65. The van der Waals surface area contributed by atoms with Crippen molar-refractivity contribution in [1.82, 2.24) is 9.97 Å². The van der Waals surface area contributed by atoms with Crippen LogP contribution in [0.1, 0.15) is 21.1 Å². The highest BCUT2D eigenvalue weighted by Gasteiger charge is 2.09. The van der Waals surface area contributed by atoms with Crippen molar-refractivity contribution in [2.75, 3.05) is 0 Å². The standard InChI is InChI=1S/C11H9ClN2OS/c1-7-14-9(6-16-7)4-10(15)8-2-3-11(12)13-5-8/h2-3,5-6H,4H2,1H3. The minimum absolute atomic E-state index is 0.00877. The summed E-state index contributed by atoms with van der Waals surface area (Å²) >= 11 is 7.19. The van der Waals surface area contributed by atoms with Gasteiger partial charge in [-0.15, -0.1) is 11.3 Å². The number of carbonyl (C=O) groups excluding carboxylic acids is 1. The maximum Gasteiger partial charge on any atom is 0.170 e. The Morgan fingerprint density at radius 1 is 1.50 bits per heavy atom. The van der Waals surface area contributed by atoms with Gasteiger partial charge in [0.25, 0.3) is 0 Å². The molecule has 0 aliphatic rings. The minimum Gasteiger partial charge on any atom is -0.294 e. The SMILES string of the molecule is Cc1nc(CC(=O)c2ccc(Cl)nc2)cs1. The van der Waals surface area contributed by atoms with Crippen LogP contribution in [0.25, 0.3) is 0 Å². The number of carbonyl (C=O) groups is 1. The van der Waals surface area contributed by atoms with Gasteiger partial charge < -0.3 is 0 Å². The van der Waals surface area contributed by atoms with Crippen molar-refractivity contribution in [3.05, 3.63) is 45.1 Å². The second-order valence-corrected chi connectivity index (χ2v) is 4.78. The van der Waals surface area contributed by atoms with Crippen LogP contribution in [0.5, 0.6) is 0 Å². The molecule has 0 amide bonds. The third-order valence-corrected chi connectivity index (χ3v) is 3.10. The molecule has 16 heavy (non-hydrogen) atoms. The van der Waals surface area contributed by atoms with E-state index in [1.54, 1.807) is 23.5 Å². The lowest BCUT2D eigenvalue weighted by atomic mass is 10.1. The van der Waals surface area contributed by atoms with Gasteiger partial charge in [0.15, 0.2) is 5.78 Å². The van der Waals surface area contributed by atoms with Gasteiger partial charge in [0.1, 0.15) is 5.15 Å². The number of hydrogen-bond donors (Lipinski definition) is 0. The monoisotopic (exact) mass is 252 g/mol. The Kier molecular flexibility index (Phi) is 3.31. The van der Waals surface area contributed by atoms with E-state index in [1.165, 1.54) is 6.20 Å². The van der Waals surface area contributed by atoms with Gasteiger partial charge in [-0.25, -0.2) is 9.97 Å². The van der Waals surface area contributed by atoms with Crippen LogP contribution < -0.4 is 0 Å². The van der Waals surface area contributed by atoms with E-state index in [0.717, 1.165) is 10.7 Å². The van der Waals surface area contributed by atoms with Gasteiger partial charge in [-0.1, -0.05) is 11.6 Å². The fourth-order valence-corrected chi connectivity index (χ4v) is 2.02. The molecule has 0 N–H and O–H groups in total. The summed E-state index contributed by atoms with van der Waals surface area (Å²) in [6, 6.07) is 3.29. The molecule has 2 heterocycles. The van der Waals surface area contributed by atoms with Crippen LogP contribution in [-0.2, 0) is 6.42 Å². The number of hydrogen-bond acceptors (Lipinski definition) is 4. The molecule has 0 aliphatic carbocycles. The van der Waals surface area contributed by atoms with Crippen LogP contribution in [0.2, 0.25) is 5.15 Å². The Hall–Kier alpha value is -1.26. The normalized spacial score (nSPS) is 10.4. The summed E-state index contributed by atoms with van der Waals surface area (Å²) in [4.78, 5) is 19.9. The van der Waals surface area contributed by atoms with E-state index >= 15 is 0 Å². The van der Waals surface area contributed by atoms with Crippen LogP contribution >= 0.6 is 22.9 Å². The Labute approximate surface area is 102 Å². The van der Waals surface area contributed by atoms with Crippen LogP contribution in [0.4, 0.5) is 0 Å². The molecule has 0 radical (unpaired) electrons. The molecule has 0 unspecified atom stereocenters. The molecule has 82 valence electrons. The number of ketones is 1. The highest BCUT2D eigenvalue weighted by atomic mass is 35.5. The fraction of sp³-hybridized carbons (Fsp3) is 0.182. The Bertz CT molecular complexity index is 507. The van der Waals surface area contributed by atoms with E-state index in [0.29, 0.717) is 17.1 Å². The Morgan fingerprint density at radius 3 is 2.88 bits per heavy atom. The third-order valence-electron chi connectivity index (χ3n) is 2.06. The van der Waals surface area contributed by atoms with Crippen LogP contribution in [0.3, 0.4) is 0 Å². The van der Waals surface area contributed by atoms with Gasteiger partial charge in [-0.05, 0) is 19.1 Å². The molecule has 2 aromatic rings. The van der Waals surface area contributed by atoms with Crippen molar-refractivity contribution in [3.8, 4) is 0 Å². The number of Topliss-reactive ketones (excluding diaryl/α,β-unsaturated/α-hetero) is 1. The van der Waals surface area contributed by atoms with Crippen molar-refractivity contribution in [2.45, 2.75) is 13.3 Å². The summed E-state index contributed by atoms with van der Waals surface area (Å²) in [6.45, 7) is 1.92. The molecule has 0 atom stereocenters. The van der Waals surface area contributed by atoms with E-state index in [-0.39, 0.29) is 5.78 Å². The average Bonchev–Trinajstić information content (AvgIpc) is 2.65. The van der Waals surface area contributed by atoms with Crippen LogP contribution in [0, 0.1) is 6.92 Å². The summed E-state index contributed by atoms with van der Waals surface area (Å²) in [6.07, 6.45) is 1.80. The van der Waals surface area contributed by atoms with Gasteiger partial charge >= 0.3 is 0 Å². The largest absolute Gasteiger partial charge is 0.294 e. The molecule has 3 nitrogen and oxygen atoms in total. The van der Waals surface area contributed by atoms with Crippen molar-refractivity contribution >= 4 is 28.7 Å². The molecule has 0 aliphatic heterocycles. The van der Waals surface area contributed by atoms with Crippen LogP contribution in [-0.4, -0.2) is 15.8 Å². The van der Waals surface area contributed by atoms with Crippen molar-refractivity contribution < 1.29 is 4.79 Å². The van der Waals surface area contributed by atoms with Gasteiger partial charge in [0.05, 0.1) is 17.1 Å². The zero-order valence-electron chi connectivity index (χ0n) is 8.61. The first kappa shape index (κ1) is 11.2. The first-order valence-electron chi connectivity index (χ1n) is 4.71. The quantitative estimate of drug-likeness (QED) is 0.623. The van der Waals surface area contributed by atoms with E-state index in [2.05, 4.69) is 9.97 Å². The molecule has 2 rings (SSSR count). The lowest BCUT2D eigenvalue weighted by Gasteiger charge is -1.98. The predicted molar refractivity (Wildman–Crippen MR) is 64.1 cm³/mol. The number of pyridine rings is 1. The lowest BCUT2D eigenvalue weighted by Crippen LogP contribution is -2.04. The van der Waals surface area contributed by atoms with E-state index in [1.807, 2.05) is 12.3 Å². The lowest BCUT2D eigenvalue weighted by molar-refractivity contribution is 0.0992. The zero-order valence-corrected chi connectivity index (χ0v) is 10.2. The predicted octanol–water partition coefficient (Wildman–Crippen LogP) is 2.93. The molecule has 5 heteroatoms. The number of thiazole rings is 1. The van der Waals surface area contributed by atoms with E-state index in [9.17, 15) is 4.79 Å². The van der Waals surface area contributed by atoms with Crippen molar-refractivity contribution in [1.29, 1.82) is 0 Å². The number of aryl methyl sites for hydroxylation is 1. The zero-order chi connectivity index (χ0) is 11.5. The highest BCUT2D eigenvalue weighted by molar-refractivity contribution is 7.09. The topological polar surface area (TPSA) is 42.9 Å². The van der Waals surface area contributed by atoms with Gasteiger partial charge in [-0.3, -0.25) is 4.79 Å². The molecule has 0 bridgehead atoms. The molecule has 0 spiro atoms. The van der Waals surface area contributed by atoms with Crippen molar-refractivity contribution in [2.24, 2.45) is 0 Å². The summed E-state index contributed by atoms with van der Waals surface area (Å²) in [7, 11) is 0. The molecular formula is C11H9ClN2OS. The summed E-state index contributed by atoms with van der Waals surface area (Å²) in [5.41, 5.74) is 1.37. The van der Waals surface area contributed by atoms with Gasteiger partial charge in [0, 0.05) is 17.1 Å². The highest BCUT2D eigenvalue weighted by Crippen LogP contribution is 2.12. The average molecular weight is 253 g/mol. The fourth-order valence-electron chi connectivity index (χ4n) is 1.30. The maximum atomic E-state index is 11.8. The minimum atomic E-state index is 0.00877. The number of halogens is 1. The number of aromatic nitrogens is 2. The number of rotatable bonds is 3. The van der Waals surface area contributed by atoms with Gasteiger partial charge in [0.2, 0.25) is 0 Å². The second kappa shape index (κ2) is 4.72. The molecule has 0 saturated heterocycles. The van der Waals surface area contributed by atoms with E-state index < -0.39 is 0 Å². The van der Waals surface area contributed by atoms with Crippen LogP contribution in [0.15, 0.2) is 23.7 Å². The summed E-state index contributed by atoms with van der Waals surface area (Å²) in [5, 5.41) is 3.26. The summed E-state index contributed by atoms with van der Waals surface area (Å²) in [5.74, 6) is 0.00877. The Balaban J connectivity index is 2.11. The second-order valence-electron chi connectivity index (χ2n) is 3.33. The maximum absolute atomic E-state index is 11.8. The Morgan fingerprint density at radius 2 is 2.31 bits per heavy atom. The van der Waals surface area contributed by atoms with Crippen molar-refractivity contribution in [3.63, 3.8) is 0 Å². The smallest absolute Gasteiger partial charge is 0.170 e. The molecular weight excluding hydrogens is 244 g/mol. The molecule has 0 aromatic carbocycles. The number of nitrogens with zero attached hydrogens (tertiary/aromatic N) is 2. The molecule has 2 aromatic heterocycles. The van der Waals surface area contributed by atoms with Gasteiger partial charge in [-0.2, -0.15) is 0 Å². The third kappa shape index (κ3) is 2.65. The molecule has 0 saturated carbocycles.